The molecule has 1 saturated heterocycles. The zero-order valence-electron chi connectivity index (χ0n) is 21.0. The lowest BCUT2D eigenvalue weighted by Crippen LogP contribution is -2.54. The summed E-state index contributed by atoms with van der Waals surface area (Å²) in [6.07, 6.45) is 6.66. The minimum absolute atomic E-state index is 0.190. The van der Waals surface area contributed by atoms with Crippen molar-refractivity contribution in [3.63, 3.8) is 0 Å². The maximum Gasteiger partial charge on any atom is 0.251 e. The van der Waals surface area contributed by atoms with Crippen LogP contribution in [0.3, 0.4) is 0 Å². The number of piperazine rings is 1. The molecule has 1 fully saturated rings. The van der Waals surface area contributed by atoms with Gasteiger partial charge in [0, 0.05) is 50.2 Å². The van der Waals surface area contributed by atoms with Crippen molar-refractivity contribution in [2.75, 3.05) is 37.5 Å². The molecule has 3 aromatic rings. The van der Waals surface area contributed by atoms with E-state index in [4.69, 9.17) is 16.3 Å². The van der Waals surface area contributed by atoms with Gasteiger partial charge in [-0.2, -0.15) is 0 Å². The fourth-order valence-corrected chi connectivity index (χ4v) is 4.66. The van der Waals surface area contributed by atoms with Crippen LogP contribution in [0.5, 0.6) is 5.75 Å². The Balaban J connectivity index is 1.37. The maximum absolute atomic E-state index is 12.1. The summed E-state index contributed by atoms with van der Waals surface area (Å²) >= 11 is 6.48. The zero-order valence-corrected chi connectivity index (χ0v) is 21.8. The van der Waals surface area contributed by atoms with E-state index in [9.17, 15) is 4.79 Å². The number of pyridine rings is 1. The number of amides is 1. The van der Waals surface area contributed by atoms with Gasteiger partial charge in [-0.25, -0.2) is 15.0 Å². The first kappa shape index (κ1) is 25.7. The Kier molecular flexibility index (Phi) is 8.22. The Morgan fingerprint density at radius 3 is 2.44 bits per heavy atom. The van der Waals surface area contributed by atoms with Gasteiger partial charge in [0.2, 0.25) is 5.95 Å². The van der Waals surface area contributed by atoms with Gasteiger partial charge in [0.1, 0.15) is 11.6 Å². The van der Waals surface area contributed by atoms with Crippen LogP contribution in [0.15, 0.2) is 42.9 Å². The molecule has 0 saturated carbocycles. The molecular weight excluding hydrogens is 478 g/mol. The topological polar surface area (TPSA) is 104 Å². The summed E-state index contributed by atoms with van der Waals surface area (Å²) in [5.41, 5.74) is 3.12. The molecule has 10 heteroatoms. The van der Waals surface area contributed by atoms with E-state index in [0.29, 0.717) is 47.2 Å². The number of halogens is 1. The monoisotopic (exact) mass is 509 g/mol. The highest BCUT2D eigenvalue weighted by molar-refractivity contribution is 6.33. The van der Waals surface area contributed by atoms with Crippen LogP contribution in [0, 0.1) is 0 Å². The lowest BCUT2D eigenvalue weighted by Gasteiger charge is -2.36. The number of aromatic nitrogens is 3. The van der Waals surface area contributed by atoms with E-state index in [1.165, 1.54) is 7.11 Å². The molecule has 190 valence electrons. The molecule has 0 aliphatic carbocycles. The molecule has 0 radical (unpaired) electrons. The van der Waals surface area contributed by atoms with Crippen molar-refractivity contribution >= 4 is 35.0 Å². The molecule has 36 heavy (non-hydrogen) atoms. The van der Waals surface area contributed by atoms with Crippen molar-refractivity contribution < 1.29 is 9.53 Å². The molecule has 1 aromatic carbocycles. The third-order valence-electron chi connectivity index (χ3n) is 6.10. The fourth-order valence-electron chi connectivity index (χ4n) is 4.38. The lowest BCUT2D eigenvalue weighted by atomic mass is 10.0. The summed E-state index contributed by atoms with van der Waals surface area (Å²) in [4.78, 5) is 27.9. The van der Waals surface area contributed by atoms with Crippen molar-refractivity contribution in [1.29, 1.82) is 0 Å². The number of rotatable bonds is 8. The van der Waals surface area contributed by atoms with Crippen molar-refractivity contribution in [3.8, 4) is 5.75 Å². The highest BCUT2D eigenvalue weighted by Crippen LogP contribution is 2.31. The third kappa shape index (κ3) is 6.22. The quantitative estimate of drug-likeness (QED) is 0.423. The zero-order chi connectivity index (χ0) is 25.7. The predicted molar refractivity (Wildman–Crippen MR) is 143 cm³/mol. The van der Waals surface area contributed by atoms with Gasteiger partial charge in [0.05, 0.1) is 24.0 Å². The fraction of sp³-hybridized carbons (Fsp3) is 0.385. The number of hydrogen-bond acceptors (Lipinski definition) is 8. The van der Waals surface area contributed by atoms with Crippen LogP contribution in [0.1, 0.15) is 35.3 Å². The summed E-state index contributed by atoms with van der Waals surface area (Å²) in [6, 6.07) is 8.30. The summed E-state index contributed by atoms with van der Waals surface area (Å²) in [5.74, 6) is 1.75. The molecule has 2 aromatic heterocycles. The van der Waals surface area contributed by atoms with Gasteiger partial charge >= 0.3 is 0 Å². The van der Waals surface area contributed by atoms with Gasteiger partial charge in [-0.1, -0.05) is 11.6 Å². The third-order valence-corrected chi connectivity index (χ3v) is 6.53. The Morgan fingerprint density at radius 1 is 1.11 bits per heavy atom. The number of nitrogens with zero attached hydrogens (tertiary/aromatic N) is 4. The minimum atomic E-state index is -0.190. The molecule has 1 aliphatic heterocycles. The lowest BCUT2D eigenvalue weighted by molar-refractivity contribution is 0.0962. The van der Waals surface area contributed by atoms with E-state index in [2.05, 4.69) is 49.6 Å². The van der Waals surface area contributed by atoms with Crippen LogP contribution < -0.4 is 25.6 Å². The number of carbonyl (C=O) groups is 1. The molecule has 0 unspecified atom stereocenters. The first-order chi connectivity index (χ1) is 17.4. The van der Waals surface area contributed by atoms with E-state index >= 15 is 0 Å². The molecule has 1 aliphatic rings. The largest absolute Gasteiger partial charge is 0.495 e. The van der Waals surface area contributed by atoms with Crippen molar-refractivity contribution in [1.82, 2.24) is 25.6 Å². The Bertz CT molecular complexity index is 1180. The number of anilines is 3. The van der Waals surface area contributed by atoms with E-state index < -0.39 is 0 Å². The van der Waals surface area contributed by atoms with Crippen LogP contribution in [-0.4, -0.2) is 60.2 Å². The second kappa shape index (κ2) is 11.5. The second-order valence-electron chi connectivity index (χ2n) is 9.05. The summed E-state index contributed by atoms with van der Waals surface area (Å²) in [6.45, 7) is 6.24. The molecular formula is C26H32ClN7O2. The first-order valence-electron chi connectivity index (χ1n) is 12.0. The summed E-state index contributed by atoms with van der Waals surface area (Å²) in [7, 11) is 3.13. The smallest absolute Gasteiger partial charge is 0.251 e. The molecule has 4 rings (SSSR count). The number of hydrogen-bond donors (Lipinski definition) is 3. The van der Waals surface area contributed by atoms with Gasteiger partial charge in [0.15, 0.2) is 0 Å². The van der Waals surface area contributed by atoms with Crippen LogP contribution >= 0.6 is 11.6 Å². The predicted octanol–water partition coefficient (Wildman–Crippen LogP) is 3.61. The molecule has 3 N–H and O–H groups in total. The number of nitrogens with one attached hydrogen (secondary N) is 3. The van der Waals surface area contributed by atoms with Gasteiger partial charge in [0.25, 0.3) is 5.91 Å². The summed E-state index contributed by atoms with van der Waals surface area (Å²) < 4.78 is 5.34. The number of benzene rings is 1. The van der Waals surface area contributed by atoms with Gasteiger partial charge in [-0.05, 0) is 62.1 Å². The highest BCUT2D eigenvalue weighted by Gasteiger charge is 2.21. The molecule has 0 bridgehead atoms. The second-order valence-corrected chi connectivity index (χ2v) is 9.43. The van der Waals surface area contributed by atoms with E-state index in [-0.39, 0.29) is 5.91 Å². The molecule has 0 spiro atoms. The minimum Gasteiger partial charge on any atom is -0.495 e. The molecule has 1 amide bonds. The standard InChI is InChI=1S/C26H32ClN7O2/c1-16-14-34(15-17(2)32-16)23-8-7-21(13-29-23)33-26-30-11-18(12-31-26)5-6-19-9-20(25(35)28-3)10-22(36-4)24(19)27/h7-13,16-17,32H,5-6,14-15H2,1-4H3,(H,28,35)(H,30,31,33)/t16-,17+. The maximum atomic E-state index is 12.1. The average molecular weight is 510 g/mol. The average Bonchev–Trinajstić information content (AvgIpc) is 2.88. The van der Waals surface area contributed by atoms with Crippen molar-refractivity contribution in [3.05, 3.63) is 64.6 Å². The summed E-state index contributed by atoms with van der Waals surface area (Å²) in [5, 5.41) is 9.87. The van der Waals surface area contributed by atoms with Crippen LogP contribution in [-0.2, 0) is 12.8 Å². The van der Waals surface area contributed by atoms with Gasteiger partial charge in [-0.15, -0.1) is 0 Å². The van der Waals surface area contributed by atoms with E-state index in [1.54, 1.807) is 37.8 Å². The van der Waals surface area contributed by atoms with Gasteiger partial charge in [-0.3, -0.25) is 4.79 Å². The Labute approximate surface area is 216 Å². The van der Waals surface area contributed by atoms with E-state index in [0.717, 1.165) is 35.7 Å². The Morgan fingerprint density at radius 2 is 1.83 bits per heavy atom. The van der Waals surface area contributed by atoms with Gasteiger partial charge < -0.3 is 25.6 Å². The highest BCUT2D eigenvalue weighted by atomic mass is 35.5. The SMILES string of the molecule is CNC(=O)c1cc(CCc2cnc(Nc3ccc(N4C[C@@H](C)N[C@@H](C)C4)nc3)nc2)c(Cl)c(OC)c1. The van der Waals surface area contributed by atoms with Crippen LogP contribution in [0.4, 0.5) is 17.5 Å². The van der Waals surface area contributed by atoms with E-state index in [1.807, 2.05) is 12.1 Å². The number of carbonyl (C=O) groups excluding carboxylic acids is 1. The van der Waals surface area contributed by atoms with Crippen molar-refractivity contribution in [2.45, 2.75) is 38.8 Å². The number of ether oxygens (including phenoxy) is 1. The normalized spacial score (nSPS) is 17.5. The number of aryl methyl sites for hydroxylation is 2. The van der Waals surface area contributed by atoms with Crippen molar-refractivity contribution in [2.24, 2.45) is 0 Å². The molecule has 3 heterocycles. The first-order valence-corrected chi connectivity index (χ1v) is 12.4. The van der Waals surface area contributed by atoms with Crippen LogP contribution in [0.25, 0.3) is 0 Å². The molecule has 2 atom stereocenters. The number of methoxy groups -OCH3 is 1. The van der Waals surface area contributed by atoms with Crippen LogP contribution in [0.2, 0.25) is 5.02 Å². The Hall–Kier alpha value is -3.43. The molecule has 9 nitrogen and oxygen atoms in total.